The molecule has 0 atom stereocenters. The summed E-state index contributed by atoms with van der Waals surface area (Å²) in [7, 11) is 0. The van der Waals surface area contributed by atoms with Crippen LogP contribution in [0.5, 0.6) is 0 Å². The van der Waals surface area contributed by atoms with Gasteiger partial charge in [0.15, 0.2) is 0 Å². The van der Waals surface area contributed by atoms with Crippen LogP contribution in [0.15, 0.2) is 12.8 Å². The quantitative estimate of drug-likeness (QED) is 0.493. The first-order valence-corrected chi connectivity index (χ1v) is 5.04. The number of hydrogen-bond donors (Lipinski definition) is 0. The number of fused-ring (bicyclic) bond motifs is 2. The number of ether oxygens (including phenoxy) is 1. The van der Waals surface area contributed by atoms with Crippen LogP contribution >= 0.6 is 0 Å². The number of rotatable bonds is 3. The standard InChI is InChI=1S/C11H16O2/c1-2-13-10(12)8-11-5-3-9(7-11)4-6-11/h2,9H,1,3-8H2. The third-order valence-corrected chi connectivity index (χ3v) is 3.62. The molecule has 2 bridgehead atoms. The summed E-state index contributed by atoms with van der Waals surface area (Å²) >= 11 is 0. The van der Waals surface area contributed by atoms with Gasteiger partial charge in [-0.2, -0.15) is 0 Å². The molecule has 2 aliphatic rings. The molecule has 0 aliphatic heterocycles. The van der Waals surface area contributed by atoms with E-state index in [4.69, 9.17) is 4.74 Å². The molecule has 0 aromatic carbocycles. The summed E-state index contributed by atoms with van der Waals surface area (Å²) in [4.78, 5) is 11.3. The Morgan fingerprint density at radius 3 is 2.69 bits per heavy atom. The van der Waals surface area contributed by atoms with Crippen LogP contribution < -0.4 is 0 Å². The van der Waals surface area contributed by atoms with Crippen LogP contribution in [0.25, 0.3) is 0 Å². The molecule has 0 saturated heterocycles. The van der Waals surface area contributed by atoms with E-state index >= 15 is 0 Å². The minimum Gasteiger partial charge on any atom is -0.435 e. The maximum absolute atomic E-state index is 11.3. The summed E-state index contributed by atoms with van der Waals surface area (Å²) in [5.74, 6) is 0.800. The lowest BCUT2D eigenvalue weighted by atomic mass is 9.81. The summed E-state index contributed by atoms with van der Waals surface area (Å²) in [5, 5.41) is 0. The smallest absolute Gasteiger partial charge is 0.311 e. The van der Waals surface area contributed by atoms with Crippen molar-refractivity contribution in [1.29, 1.82) is 0 Å². The van der Waals surface area contributed by atoms with Gasteiger partial charge in [-0.05, 0) is 43.4 Å². The molecule has 0 aromatic rings. The Balaban J connectivity index is 1.93. The Bertz CT molecular complexity index is 224. The number of esters is 1. The molecule has 0 radical (unpaired) electrons. The zero-order valence-corrected chi connectivity index (χ0v) is 7.92. The molecule has 0 unspecified atom stereocenters. The zero-order valence-electron chi connectivity index (χ0n) is 7.92. The molecule has 2 nitrogen and oxygen atoms in total. The monoisotopic (exact) mass is 180 g/mol. The Morgan fingerprint density at radius 2 is 2.23 bits per heavy atom. The van der Waals surface area contributed by atoms with Gasteiger partial charge in [0.25, 0.3) is 0 Å². The van der Waals surface area contributed by atoms with E-state index in [1.54, 1.807) is 0 Å². The van der Waals surface area contributed by atoms with Crippen molar-refractivity contribution in [2.24, 2.45) is 11.3 Å². The van der Waals surface area contributed by atoms with Crippen molar-refractivity contribution in [1.82, 2.24) is 0 Å². The van der Waals surface area contributed by atoms with Crippen LogP contribution in [0.2, 0.25) is 0 Å². The summed E-state index contributed by atoms with van der Waals surface area (Å²) in [6, 6.07) is 0. The van der Waals surface area contributed by atoms with Gasteiger partial charge < -0.3 is 4.74 Å². The van der Waals surface area contributed by atoms with Gasteiger partial charge in [0.1, 0.15) is 0 Å². The molecule has 13 heavy (non-hydrogen) atoms. The van der Waals surface area contributed by atoms with Crippen LogP contribution in [0.4, 0.5) is 0 Å². The molecule has 2 aliphatic carbocycles. The Hall–Kier alpha value is -0.790. The molecule has 2 fully saturated rings. The number of carbonyl (C=O) groups is 1. The van der Waals surface area contributed by atoms with E-state index < -0.39 is 0 Å². The average Bonchev–Trinajstić information content (AvgIpc) is 2.63. The Morgan fingerprint density at radius 1 is 1.54 bits per heavy atom. The van der Waals surface area contributed by atoms with Gasteiger partial charge >= 0.3 is 5.97 Å². The second-order valence-corrected chi connectivity index (χ2v) is 4.48. The highest BCUT2D eigenvalue weighted by molar-refractivity contribution is 5.71. The lowest BCUT2D eigenvalue weighted by Gasteiger charge is -2.24. The largest absolute Gasteiger partial charge is 0.435 e. The van der Waals surface area contributed by atoms with Crippen molar-refractivity contribution in [2.45, 2.75) is 38.5 Å². The first-order chi connectivity index (χ1) is 6.24. The summed E-state index contributed by atoms with van der Waals surface area (Å²) in [6.45, 7) is 3.39. The van der Waals surface area contributed by atoms with E-state index in [0.29, 0.717) is 11.8 Å². The Kier molecular flexibility index (Phi) is 2.14. The van der Waals surface area contributed by atoms with Crippen molar-refractivity contribution in [3.8, 4) is 0 Å². The fourth-order valence-electron chi connectivity index (χ4n) is 3.00. The highest BCUT2D eigenvalue weighted by Gasteiger charge is 2.45. The van der Waals surface area contributed by atoms with Crippen molar-refractivity contribution in [3.63, 3.8) is 0 Å². The van der Waals surface area contributed by atoms with E-state index in [0.717, 1.165) is 5.92 Å². The predicted molar refractivity (Wildman–Crippen MR) is 49.9 cm³/mol. The first-order valence-electron chi connectivity index (χ1n) is 5.04. The molecule has 0 N–H and O–H groups in total. The summed E-state index contributed by atoms with van der Waals surface area (Å²) in [6.07, 6.45) is 8.19. The number of hydrogen-bond acceptors (Lipinski definition) is 2. The van der Waals surface area contributed by atoms with Crippen LogP contribution in [0, 0.1) is 11.3 Å². The molecule has 0 heterocycles. The third-order valence-electron chi connectivity index (χ3n) is 3.62. The van der Waals surface area contributed by atoms with Crippen molar-refractivity contribution in [3.05, 3.63) is 12.8 Å². The van der Waals surface area contributed by atoms with E-state index in [2.05, 4.69) is 6.58 Å². The van der Waals surface area contributed by atoms with Crippen LogP contribution in [-0.4, -0.2) is 5.97 Å². The molecule has 0 aromatic heterocycles. The number of carbonyl (C=O) groups excluding carboxylic acids is 1. The van der Waals surface area contributed by atoms with E-state index in [-0.39, 0.29) is 5.97 Å². The third kappa shape index (κ3) is 1.62. The predicted octanol–water partition coefficient (Wildman–Crippen LogP) is 2.64. The maximum Gasteiger partial charge on any atom is 0.311 e. The van der Waals surface area contributed by atoms with Crippen LogP contribution in [-0.2, 0) is 9.53 Å². The van der Waals surface area contributed by atoms with Gasteiger partial charge in [-0.3, -0.25) is 4.79 Å². The maximum atomic E-state index is 11.3. The van der Waals surface area contributed by atoms with E-state index in [1.165, 1.54) is 38.4 Å². The molecular weight excluding hydrogens is 164 g/mol. The van der Waals surface area contributed by atoms with Crippen LogP contribution in [0.3, 0.4) is 0 Å². The second kappa shape index (κ2) is 3.17. The fraction of sp³-hybridized carbons (Fsp3) is 0.727. The highest BCUT2D eigenvalue weighted by Crippen LogP contribution is 2.56. The summed E-state index contributed by atoms with van der Waals surface area (Å²) in [5.41, 5.74) is 0.310. The van der Waals surface area contributed by atoms with Gasteiger partial charge in [-0.25, -0.2) is 0 Å². The molecule has 0 amide bonds. The Labute approximate surface area is 79.0 Å². The van der Waals surface area contributed by atoms with Gasteiger partial charge in [0, 0.05) is 0 Å². The molecule has 2 saturated carbocycles. The van der Waals surface area contributed by atoms with E-state index in [9.17, 15) is 4.79 Å². The topological polar surface area (TPSA) is 26.3 Å². The lowest BCUT2D eigenvalue weighted by Crippen LogP contribution is -2.19. The summed E-state index contributed by atoms with van der Waals surface area (Å²) < 4.78 is 4.77. The molecule has 2 heteroatoms. The average molecular weight is 180 g/mol. The normalized spacial score (nSPS) is 36.2. The minimum atomic E-state index is -0.0995. The van der Waals surface area contributed by atoms with Crippen LogP contribution in [0.1, 0.15) is 38.5 Å². The van der Waals surface area contributed by atoms with Gasteiger partial charge in [-0.1, -0.05) is 6.58 Å². The van der Waals surface area contributed by atoms with Gasteiger partial charge in [0.05, 0.1) is 12.7 Å². The second-order valence-electron chi connectivity index (χ2n) is 4.48. The SMILES string of the molecule is C=COC(=O)CC12CCC(CC1)C2. The van der Waals surface area contributed by atoms with Crippen molar-refractivity contribution in [2.75, 3.05) is 0 Å². The molecule has 2 rings (SSSR count). The zero-order chi connectivity index (χ0) is 9.31. The minimum absolute atomic E-state index is 0.0995. The van der Waals surface area contributed by atoms with Crippen molar-refractivity contribution < 1.29 is 9.53 Å². The van der Waals surface area contributed by atoms with E-state index in [1.807, 2.05) is 0 Å². The molecule has 72 valence electrons. The fourth-order valence-corrected chi connectivity index (χ4v) is 3.00. The first kappa shape index (κ1) is 8.79. The lowest BCUT2D eigenvalue weighted by molar-refractivity contribution is -0.140. The highest BCUT2D eigenvalue weighted by atomic mass is 16.5. The molecular formula is C11H16O2. The molecule has 0 spiro atoms. The van der Waals surface area contributed by atoms with Gasteiger partial charge in [-0.15, -0.1) is 0 Å². The van der Waals surface area contributed by atoms with Crippen molar-refractivity contribution >= 4 is 5.97 Å². The van der Waals surface area contributed by atoms with Gasteiger partial charge in [0.2, 0.25) is 0 Å².